The zero-order chi connectivity index (χ0) is 11.5. The van der Waals surface area contributed by atoms with Gasteiger partial charge in [0.15, 0.2) is 0 Å². The van der Waals surface area contributed by atoms with Crippen LogP contribution in [0, 0.1) is 0 Å². The lowest BCUT2D eigenvalue weighted by molar-refractivity contribution is 0.314. The number of hydrogen-bond donors (Lipinski definition) is 2. The molecule has 0 spiro atoms. The van der Waals surface area contributed by atoms with Gasteiger partial charge in [-0.15, -0.1) is 0 Å². The van der Waals surface area contributed by atoms with E-state index in [9.17, 15) is 0 Å². The minimum atomic E-state index is 0.306. The van der Waals surface area contributed by atoms with Crippen molar-refractivity contribution in [2.24, 2.45) is 10.3 Å². The van der Waals surface area contributed by atoms with Crippen LogP contribution in [0.1, 0.15) is 30.0 Å². The maximum atomic E-state index is 8.93. The lowest BCUT2D eigenvalue weighted by atomic mass is 10.0. The van der Waals surface area contributed by atoms with Gasteiger partial charge in [0.2, 0.25) is 0 Å². The molecule has 0 saturated heterocycles. The maximum Gasteiger partial charge on any atom is 0.134 e. The van der Waals surface area contributed by atoms with Crippen molar-refractivity contribution in [3.05, 3.63) is 34.9 Å². The van der Waals surface area contributed by atoms with Gasteiger partial charge in [-0.3, -0.25) is 0 Å². The van der Waals surface area contributed by atoms with E-state index in [-0.39, 0.29) is 0 Å². The minimum absolute atomic E-state index is 0.306. The highest BCUT2D eigenvalue weighted by Crippen LogP contribution is 2.23. The summed E-state index contributed by atoms with van der Waals surface area (Å²) in [7, 11) is 0. The second-order valence-electron chi connectivity index (χ2n) is 3.97. The zero-order valence-electron chi connectivity index (χ0n) is 9.14. The Morgan fingerprint density at radius 1 is 1.12 bits per heavy atom. The van der Waals surface area contributed by atoms with Crippen molar-refractivity contribution in [1.29, 1.82) is 0 Å². The maximum absolute atomic E-state index is 8.93. The SMILES string of the molecule is CC(=NO)C(=NO)c1ccc2c(c1)CCC2. The summed E-state index contributed by atoms with van der Waals surface area (Å²) in [5.74, 6) is 0. The van der Waals surface area contributed by atoms with Crippen LogP contribution < -0.4 is 0 Å². The average Bonchev–Trinajstić information content (AvgIpc) is 2.77. The Balaban J connectivity index is 2.41. The first-order valence-corrected chi connectivity index (χ1v) is 5.29. The molecule has 1 aliphatic rings. The summed E-state index contributed by atoms with van der Waals surface area (Å²) in [4.78, 5) is 0. The van der Waals surface area contributed by atoms with Gasteiger partial charge in [-0.05, 0) is 43.4 Å². The number of nitrogens with zero attached hydrogens (tertiary/aromatic N) is 2. The van der Waals surface area contributed by atoms with E-state index in [2.05, 4.69) is 10.3 Å². The highest BCUT2D eigenvalue weighted by molar-refractivity contribution is 6.47. The largest absolute Gasteiger partial charge is 0.411 e. The van der Waals surface area contributed by atoms with Crippen LogP contribution >= 0.6 is 0 Å². The highest BCUT2D eigenvalue weighted by Gasteiger charge is 2.14. The van der Waals surface area contributed by atoms with Crippen LogP contribution in [-0.4, -0.2) is 21.8 Å². The molecule has 2 rings (SSSR count). The molecule has 84 valence electrons. The molecule has 0 aromatic heterocycles. The molecule has 4 heteroatoms. The summed E-state index contributed by atoms with van der Waals surface area (Å²) in [6.45, 7) is 1.60. The predicted octanol–water partition coefficient (Wildman–Crippen LogP) is 2.20. The fourth-order valence-corrected chi connectivity index (χ4v) is 2.11. The Hall–Kier alpha value is -1.84. The normalized spacial score (nSPS) is 16.3. The average molecular weight is 218 g/mol. The number of oxime groups is 2. The van der Waals surface area contributed by atoms with Crippen LogP contribution in [0.15, 0.2) is 28.5 Å². The minimum Gasteiger partial charge on any atom is -0.411 e. The third-order valence-corrected chi connectivity index (χ3v) is 2.96. The number of rotatable bonds is 2. The Morgan fingerprint density at radius 3 is 2.56 bits per heavy atom. The molecule has 0 bridgehead atoms. The van der Waals surface area contributed by atoms with Crippen LogP contribution in [-0.2, 0) is 12.8 Å². The van der Waals surface area contributed by atoms with Crippen molar-refractivity contribution in [3.8, 4) is 0 Å². The van der Waals surface area contributed by atoms with Gasteiger partial charge in [0.25, 0.3) is 0 Å². The Bertz CT molecular complexity index is 464. The molecule has 16 heavy (non-hydrogen) atoms. The van der Waals surface area contributed by atoms with Gasteiger partial charge < -0.3 is 10.4 Å². The summed E-state index contributed by atoms with van der Waals surface area (Å²) in [6.07, 6.45) is 3.36. The van der Waals surface area contributed by atoms with E-state index in [0.29, 0.717) is 11.4 Å². The second-order valence-corrected chi connectivity index (χ2v) is 3.97. The van der Waals surface area contributed by atoms with E-state index >= 15 is 0 Å². The summed E-state index contributed by atoms with van der Waals surface area (Å²) in [5, 5.41) is 23.8. The molecule has 0 amide bonds. The molecule has 0 unspecified atom stereocenters. The fraction of sp³-hybridized carbons (Fsp3) is 0.333. The molecule has 2 N–H and O–H groups in total. The predicted molar refractivity (Wildman–Crippen MR) is 61.7 cm³/mol. The Morgan fingerprint density at radius 2 is 1.88 bits per heavy atom. The second kappa shape index (κ2) is 4.35. The molecule has 0 heterocycles. The lowest BCUT2D eigenvalue weighted by Gasteiger charge is -2.05. The summed E-state index contributed by atoms with van der Waals surface area (Å²) in [6, 6.07) is 5.95. The van der Waals surface area contributed by atoms with E-state index in [1.54, 1.807) is 6.92 Å². The van der Waals surface area contributed by atoms with Crippen LogP contribution in [0.2, 0.25) is 0 Å². The van der Waals surface area contributed by atoms with Crippen LogP contribution in [0.5, 0.6) is 0 Å². The number of aryl methyl sites for hydroxylation is 2. The van der Waals surface area contributed by atoms with Gasteiger partial charge in [0, 0.05) is 5.56 Å². The number of hydrogen-bond acceptors (Lipinski definition) is 4. The van der Waals surface area contributed by atoms with Gasteiger partial charge in [-0.2, -0.15) is 0 Å². The van der Waals surface area contributed by atoms with Gasteiger partial charge >= 0.3 is 0 Å². The fourth-order valence-electron chi connectivity index (χ4n) is 2.11. The van der Waals surface area contributed by atoms with Gasteiger partial charge in [-0.1, -0.05) is 22.4 Å². The Kier molecular flexibility index (Phi) is 2.90. The molecule has 0 radical (unpaired) electrons. The van der Waals surface area contributed by atoms with Crippen molar-refractivity contribution in [1.82, 2.24) is 0 Å². The molecule has 0 fully saturated rings. The number of fused-ring (bicyclic) bond motifs is 1. The molecule has 0 atom stereocenters. The molecule has 4 nitrogen and oxygen atoms in total. The van der Waals surface area contributed by atoms with Crippen molar-refractivity contribution >= 4 is 11.4 Å². The van der Waals surface area contributed by atoms with Crippen molar-refractivity contribution in [2.45, 2.75) is 26.2 Å². The molecule has 0 aliphatic heterocycles. The summed E-state index contributed by atoms with van der Waals surface area (Å²) >= 11 is 0. The summed E-state index contributed by atoms with van der Waals surface area (Å²) in [5.41, 5.74) is 4.07. The van der Waals surface area contributed by atoms with Gasteiger partial charge in [0.1, 0.15) is 11.4 Å². The van der Waals surface area contributed by atoms with Crippen molar-refractivity contribution < 1.29 is 10.4 Å². The molecule has 0 saturated carbocycles. The molecular formula is C12H14N2O2. The Labute approximate surface area is 93.9 Å². The molecule has 1 aromatic rings. The zero-order valence-corrected chi connectivity index (χ0v) is 9.14. The third-order valence-electron chi connectivity index (χ3n) is 2.96. The van der Waals surface area contributed by atoms with E-state index < -0.39 is 0 Å². The highest BCUT2D eigenvalue weighted by atomic mass is 16.4. The van der Waals surface area contributed by atoms with E-state index in [0.717, 1.165) is 18.4 Å². The smallest absolute Gasteiger partial charge is 0.134 e. The quantitative estimate of drug-likeness (QED) is 0.454. The first kappa shape index (κ1) is 10.7. The third kappa shape index (κ3) is 1.78. The number of benzene rings is 1. The molecular weight excluding hydrogens is 204 g/mol. The van der Waals surface area contributed by atoms with Crippen LogP contribution in [0.25, 0.3) is 0 Å². The first-order chi connectivity index (χ1) is 7.76. The molecule has 1 aromatic carbocycles. The van der Waals surface area contributed by atoms with Crippen LogP contribution in [0.3, 0.4) is 0 Å². The monoisotopic (exact) mass is 218 g/mol. The van der Waals surface area contributed by atoms with Gasteiger partial charge in [0.05, 0.1) is 0 Å². The van der Waals surface area contributed by atoms with Gasteiger partial charge in [-0.25, -0.2) is 0 Å². The lowest BCUT2D eigenvalue weighted by Crippen LogP contribution is -2.12. The molecule has 1 aliphatic carbocycles. The topological polar surface area (TPSA) is 65.2 Å². The van der Waals surface area contributed by atoms with E-state index in [1.165, 1.54) is 17.5 Å². The standard InChI is InChI=1S/C12H14N2O2/c1-8(13-15)12(14-16)11-6-5-9-3-2-4-10(9)7-11/h5-7,15-16H,2-4H2,1H3. The van der Waals surface area contributed by atoms with Crippen molar-refractivity contribution in [2.75, 3.05) is 0 Å². The van der Waals surface area contributed by atoms with Crippen LogP contribution in [0.4, 0.5) is 0 Å². The van der Waals surface area contributed by atoms with E-state index in [4.69, 9.17) is 10.4 Å². The van der Waals surface area contributed by atoms with E-state index in [1.807, 2.05) is 18.2 Å². The van der Waals surface area contributed by atoms with Crippen molar-refractivity contribution in [3.63, 3.8) is 0 Å². The summed E-state index contributed by atoms with van der Waals surface area (Å²) < 4.78 is 0. The first-order valence-electron chi connectivity index (χ1n) is 5.29.